The topological polar surface area (TPSA) is 130 Å². The Morgan fingerprint density at radius 2 is 1.94 bits per heavy atom. The molecule has 0 unspecified atom stereocenters. The quantitative estimate of drug-likeness (QED) is 0.799. The van der Waals surface area contributed by atoms with Crippen LogP contribution in [0.4, 0.5) is 5.69 Å². The highest BCUT2D eigenvalue weighted by atomic mass is 32.2. The largest absolute Gasteiger partial charge is 0.282 e. The molecule has 1 rings (SSSR count). The van der Waals surface area contributed by atoms with Crippen LogP contribution in [-0.2, 0) is 20.0 Å². The third-order valence-corrected chi connectivity index (χ3v) is 4.00. The van der Waals surface area contributed by atoms with Gasteiger partial charge >= 0.3 is 0 Å². The molecule has 0 aromatic heterocycles. The number of primary sulfonamides is 1. The van der Waals surface area contributed by atoms with E-state index in [0.29, 0.717) is 5.56 Å². The van der Waals surface area contributed by atoms with Crippen LogP contribution in [0.5, 0.6) is 0 Å². The van der Waals surface area contributed by atoms with E-state index in [1.54, 1.807) is 0 Å². The second kappa shape index (κ2) is 4.93. The van der Waals surface area contributed by atoms with Gasteiger partial charge in [-0.3, -0.25) is 4.72 Å². The second-order valence-electron chi connectivity index (χ2n) is 3.54. The molecule has 0 aliphatic carbocycles. The van der Waals surface area contributed by atoms with Crippen LogP contribution in [0.25, 0.3) is 0 Å². The summed E-state index contributed by atoms with van der Waals surface area (Å²) in [6.45, 7) is 1.53. The van der Waals surface area contributed by atoms with Gasteiger partial charge in [0.15, 0.2) is 5.75 Å². The third kappa shape index (κ3) is 3.69. The minimum Gasteiger partial charge on any atom is -0.282 e. The molecule has 0 atom stereocenters. The number of aryl methyl sites for hydroxylation is 1. The molecule has 0 amide bonds. The number of hydrogen-bond donors (Lipinski definition) is 2. The Morgan fingerprint density at radius 1 is 1.33 bits per heavy atom. The summed E-state index contributed by atoms with van der Waals surface area (Å²) in [5, 5.41) is 13.3. The molecule has 9 heteroatoms. The Bertz CT molecular complexity index is 702. The fourth-order valence-corrected chi connectivity index (χ4v) is 2.62. The molecule has 0 saturated heterocycles. The van der Waals surface area contributed by atoms with Crippen LogP contribution in [0.15, 0.2) is 23.1 Å². The lowest BCUT2D eigenvalue weighted by molar-refractivity contribution is 0.597. The van der Waals surface area contributed by atoms with E-state index in [1.165, 1.54) is 31.2 Å². The standard InChI is InChI=1S/C9H11N3O4S2/c1-7-6-8(18(11,15)16)2-3-9(7)12-17(13,14)5-4-10/h2-3,6,12H,5H2,1H3,(H2,11,15,16). The number of nitriles is 1. The Morgan fingerprint density at radius 3 is 2.39 bits per heavy atom. The van der Waals surface area contributed by atoms with Crippen molar-refractivity contribution in [1.82, 2.24) is 0 Å². The number of anilines is 1. The van der Waals surface area contributed by atoms with Gasteiger partial charge in [0.05, 0.1) is 16.7 Å². The summed E-state index contributed by atoms with van der Waals surface area (Å²) in [5.41, 5.74) is 0.598. The maximum Gasteiger partial charge on any atom is 0.246 e. The van der Waals surface area contributed by atoms with E-state index < -0.39 is 25.8 Å². The van der Waals surface area contributed by atoms with Crippen LogP contribution < -0.4 is 9.86 Å². The maximum absolute atomic E-state index is 11.4. The van der Waals surface area contributed by atoms with Crippen LogP contribution >= 0.6 is 0 Å². The van der Waals surface area contributed by atoms with E-state index >= 15 is 0 Å². The lowest BCUT2D eigenvalue weighted by Crippen LogP contribution is -2.17. The maximum atomic E-state index is 11.4. The number of nitrogens with one attached hydrogen (secondary N) is 1. The molecule has 7 nitrogen and oxygen atoms in total. The van der Waals surface area contributed by atoms with Crippen molar-refractivity contribution in [3.8, 4) is 6.07 Å². The molecule has 1 aromatic carbocycles. The minimum absolute atomic E-state index is 0.108. The van der Waals surface area contributed by atoms with Gasteiger partial charge in [-0.2, -0.15) is 5.26 Å². The number of benzene rings is 1. The predicted octanol–water partition coefficient (Wildman–Crippen LogP) is -0.0923. The van der Waals surface area contributed by atoms with E-state index in [0.717, 1.165) is 0 Å². The molecule has 98 valence electrons. The SMILES string of the molecule is Cc1cc(S(N)(=O)=O)ccc1NS(=O)(=O)CC#N. The van der Waals surface area contributed by atoms with E-state index in [9.17, 15) is 16.8 Å². The minimum atomic E-state index is -3.83. The Labute approximate surface area is 105 Å². The normalized spacial score (nSPS) is 11.8. The Kier molecular flexibility index (Phi) is 3.95. The first-order chi connectivity index (χ1) is 8.15. The highest BCUT2D eigenvalue weighted by Crippen LogP contribution is 2.19. The third-order valence-electron chi connectivity index (χ3n) is 2.05. The molecule has 18 heavy (non-hydrogen) atoms. The molecular formula is C9H11N3O4S2. The van der Waals surface area contributed by atoms with Gasteiger partial charge in [0, 0.05) is 0 Å². The summed E-state index contributed by atoms with van der Waals surface area (Å²) in [6, 6.07) is 5.24. The Hall–Kier alpha value is -1.63. The van der Waals surface area contributed by atoms with Gasteiger partial charge in [-0.25, -0.2) is 22.0 Å². The van der Waals surface area contributed by atoms with Crippen LogP contribution in [0, 0.1) is 18.3 Å². The highest BCUT2D eigenvalue weighted by Gasteiger charge is 2.13. The molecule has 0 saturated carbocycles. The summed E-state index contributed by atoms with van der Waals surface area (Å²) in [5.74, 6) is -0.677. The van der Waals surface area contributed by atoms with Gasteiger partial charge in [-0.05, 0) is 30.7 Å². The fourth-order valence-electron chi connectivity index (χ4n) is 1.22. The van der Waals surface area contributed by atoms with Gasteiger partial charge in [-0.15, -0.1) is 0 Å². The van der Waals surface area contributed by atoms with Crippen molar-refractivity contribution in [3.05, 3.63) is 23.8 Å². The molecule has 0 aliphatic heterocycles. The van der Waals surface area contributed by atoms with Gasteiger partial charge in [0.2, 0.25) is 20.0 Å². The van der Waals surface area contributed by atoms with Gasteiger partial charge in [0.1, 0.15) is 0 Å². The molecule has 0 spiro atoms. The molecular weight excluding hydrogens is 278 g/mol. The Balaban J connectivity index is 3.13. The lowest BCUT2D eigenvalue weighted by Gasteiger charge is -2.09. The first-order valence-electron chi connectivity index (χ1n) is 4.66. The average molecular weight is 289 g/mol. The fraction of sp³-hybridized carbons (Fsp3) is 0.222. The van der Waals surface area contributed by atoms with E-state index in [4.69, 9.17) is 10.4 Å². The molecule has 0 heterocycles. The van der Waals surface area contributed by atoms with Crippen molar-refractivity contribution in [1.29, 1.82) is 5.26 Å². The number of sulfonamides is 2. The summed E-state index contributed by atoms with van der Waals surface area (Å²) >= 11 is 0. The first-order valence-corrected chi connectivity index (χ1v) is 7.86. The van der Waals surface area contributed by atoms with Crippen LogP contribution in [-0.4, -0.2) is 22.6 Å². The van der Waals surface area contributed by atoms with Gasteiger partial charge in [-0.1, -0.05) is 0 Å². The van der Waals surface area contributed by atoms with Crippen LogP contribution in [0.2, 0.25) is 0 Å². The molecule has 1 aromatic rings. The molecule has 0 aliphatic rings. The lowest BCUT2D eigenvalue weighted by atomic mass is 10.2. The average Bonchev–Trinajstić information content (AvgIpc) is 2.19. The zero-order chi connectivity index (χ0) is 14.0. The number of rotatable bonds is 4. The summed E-state index contributed by atoms with van der Waals surface area (Å²) in [6.07, 6.45) is 0. The van der Waals surface area contributed by atoms with Crippen molar-refractivity contribution >= 4 is 25.7 Å². The molecule has 3 N–H and O–H groups in total. The van der Waals surface area contributed by atoms with E-state index in [1.807, 2.05) is 0 Å². The van der Waals surface area contributed by atoms with Crippen molar-refractivity contribution in [3.63, 3.8) is 0 Å². The molecule has 0 bridgehead atoms. The monoisotopic (exact) mass is 289 g/mol. The van der Waals surface area contributed by atoms with E-state index in [-0.39, 0.29) is 10.6 Å². The van der Waals surface area contributed by atoms with Crippen molar-refractivity contribution in [2.75, 3.05) is 10.5 Å². The number of nitrogens with zero attached hydrogens (tertiary/aromatic N) is 1. The highest BCUT2D eigenvalue weighted by molar-refractivity contribution is 7.92. The molecule has 0 radical (unpaired) electrons. The first kappa shape index (κ1) is 14.4. The van der Waals surface area contributed by atoms with Gasteiger partial charge in [0.25, 0.3) is 0 Å². The summed E-state index contributed by atoms with van der Waals surface area (Å²) in [7, 11) is -7.57. The van der Waals surface area contributed by atoms with Gasteiger partial charge < -0.3 is 0 Å². The second-order valence-corrected chi connectivity index (χ2v) is 6.82. The number of hydrogen-bond acceptors (Lipinski definition) is 5. The van der Waals surface area contributed by atoms with Crippen LogP contribution in [0.3, 0.4) is 0 Å². The predicted molar refractivity (Wildman–Crippen MR) is 65.6 cm³/mol. The van der Waals surface area contributed by atoms with Crippen molar-refractivity contribution < 1.29 is 16.8 Å². The zero-order valence-corrected chi connectivity index (χ0v) is 11.0. The van der Waals surface area contributed by atoms with Crippen LogP contribution in [0.1, 0.15) is 5.56 Å². The van der Waals surface area contributed by atoms with Crippen molar-refractivity contribution in [2.45, 2.75) is 11.8 Å². The van der Waals surface area contributed by atoms with Crippen molar-refractivity contribution in [2.24, 2.45) is 5.14 Å². The zero-order valence-electron chi connectivity index (χ0n) is 9.41. The summed E-state index contributed by atoms with van der Waals surface area (Å²) in [4.78, 5) is -0.108. The smallest absolute Gasteiger partial charge is 0.246 e. The summed E-state index contributed by atoms with van der Waals surface area (Å²) < 4.78 is 47.1. The number of nitrogens with two attached hydrogens (primary N) is 1. The van der Waals surface area contributed by atoms with E-state index in [2.05, 4.69) is 4.72 Å². The molecule has 0 fully saturated rings.